The number of benzene rings is 1. The molecular weight excluding hydrogens is 206 g/mol. The highest BCUT2D eigenvalue weighted by atomic mass is 35.5. The molecule has 1 aliphatic rings. The molecule has 0 spiro atoms. The van der Waals surface area contributed by atoms with E-state index >= 15 is 0 Å². The highest BCUT2D eigenvalue weighted by molar-refractivity contribution is 6.31. The Morgan fingerprint density at radius 1 is 1.33 bits per heavy atom. The molecule has 2 rings (SSSR count). The lowest BCUT2D eigenvalue weighted by Gasteiger charge is -2.36. The number of halogens is 1. The minimum atomic E-state index is 0.377. The third kappa shape index (κ3) is 2.53. The van der Waals surface area contributed by atoms with Crippen molar-refractivity contribution in [1.29, 1.82) is 0 Å². The molecule has 0 aromatic heterocycles. The molecular formula is C13H18ClN. The highest BCUT2D eigenvalue weighted by Gasteiger charge is 2.29. The fourth-order valence-corrected chi connectivity index (χ4v) is 2.71. The van der Waals surface area contributed by atoms with E-state index in [1.165, 1.54) is 12.0 Å². The van der Waals surface area contributed by atoms with E-state index in [2.05, 4.69) is 31.3 Å². The standard InChI is InChI=1S/C13H18ClN/c1-13(2)7-10(8-15-9-13)11-5-3-4-6-12(11)14/h3-6,10,15H,7-9H2,1-2H3. The molecule has 1 N–H and O–H groups in total. The Hall–Kier alpha value is -0.530. The first kappa shape index (κ1) is 11.0. The first-order valence-electron chi connectivity index (χ1n) is 5.54. The molecule has 1 heterocycles. The van der Waals surface area contributed by atoms with Crippen molar-refractivity contribution in [2.24, 2.45) is 5.41 Å². The second-order valence-electron chi connectivity index (χ2n) is 5.22. The van der Waals surface area contributed by atoms with Gasteiger partial charge in [-0.2, -0.15) is 0 Å². The van der Waals surface area contributed by atoms with Crippen molar-refractivity contribution >= 4 is 11.6 Å². The SMILES string of the molecule is CC1(C)CNCC(c2ccccc2Cl)C1. The summed E-state index contributed by atoms with van der Waals surface area (Å²) in [5.74, 6) is 0.558. The summed E-state index contributed by atoms with van der Waals surface area (Å²) < 4.78 is 0. The van der Waals surface area contributed by atoms with Crippen molar-refractivity contribution < 1.29 is 0 Å². The molecule has 0 amide bonds. The quantitative estimate of drug-likeness (QED) is 0.769. The molecule has 2 heteroatoms. The molecule has 15 heavy (non-hydrogen) atoms. The van der Waals surface area contributed by atoms with Crippen LogP contribution < -0.4 is 5.32 Å². The summed E-state index contributed by atoms with van der Waals surface area (Å²) in [5, 5.41) is 4.40. The van der Waals surface area contributed by atoms with Crippen LogP contribution in [0.1, 0.15) is 31.7 Å². The largest absolute Gasteiger partial charge is 0.316 e. The maximum atomic E-state index is 6.22. The number of piperidine rings is 1. The molecule has 0 aliphatic carbocycles. The predicted octanol–water partition coefficient (Wildman–Crippen LogP) is 3.44. The van der Waals surface area contributed by atoms with Crippen LogP contribution in [-0.4, -0.2) is 13.1 Å². The number of hydrogen-bond acceptors (Lipinski definition) is 1. The van der Waals surface area contributed by atoms with Gasteiger partial charge >= 0.3 is 0 Å². The van der Waals surface area contributed by atoms with Gasteiger partial charge in [-0.15, -0.1) is 0 Å². The maximum Gasteiger partial charge on any atom is 0.0441 e. The van der Waals surface area contributed by atoms with E-state index in [-0.39, 0.29) is 0 Å². The summed E-state index contributed by atoms with van der Waals surface area (Å²) in [7, 11) is 0. The smallest absolute Gasteiger partial charge is 0.0441 e. The van der Waals surface area contributed by atoms with Gasteiger partial charge in [0.05, 0.1) is 0 Å². The van der Waals surface area contributed by atoms with Gasteiger partial charge in [0.15, 0.2) is 0 Å². The van der Waals surface area contributed by atoms with Crippen LogP contribution in [0.3, 0.4) is 0 Å². The van der Waals surface area contributed by atoms with Crippen LogP contribution in [0, 0.1) is 5.41 Å². The average Bonchev–Trinajstić information content (AvgIpc) is 2.17. The Morgan fingerprint density at radius 3 is 2.73 bits per heavy atom. The van der Waals surface area contributed by atoms with E-state index in [1.807, 2.05) is 12.1 Å². The summed E-state index contributed by atoms with van der Waals surface area (Å²) in [4.78, 5) is 0. The summed E-state index contributed by atoms with van der Waals surface area (Å²) >= 11 is 6.22. The molecule has 1 atom stereocenters. The van der Waals surface area contributed by atoms with Crippen LogP contribution in [-0.2, 0) is 0 Å². The third-order valence-corrected chi connectivity index (χ3v) is 3.48. The third-order valence-electron chi connectivity index (χ3n) is 3.14. The Morgan fingerprint density at radius 2 is 2.07 bits per heavy atom. The molecule has 82 valence electrons. The van der Waals surface area contributed by atoms with Crippen LogP contribution in [0.15, 0.2) is 24.3 Å². The molecule has 1 aliphatic heterocycles. The normalized spacial score (nSPS) is 25.1. The second kappa shape index (κ2) is 4.15. The van der Waals surface area contributed by atoms with E-state index in [0.717, 1.165) is 18.1 Å². The zero-order chi connectivity index (χ0) is 10.9. The lowest BCUT2D eigenvalue weighted by atomic mass is 9.77. The maximum absolute atomic E-state index is 6.22. The topological polar surface area (TPSA) is 12.0 Å². The van der Waals surface area contributed by atoms with E-state index in [1.54, 1.807) is 0 Å². The molecule has 0 saturated carbocycles. The number of rotatable bonds is 1. The van der Waals surface area contributed by atoms with Crippen LogP contribution >= 0.6 is 11.6 Å². The van der Waals surface area contributed by atoms with Crippen molar-refractivity contribution in [1.82, 2.24) is 5.32 Å². The lowest BCUT2D eigenvalue weighted by molar-refractivity contribution is 0.240. The molecule has 0 radical (unpaired) electrons. The van der Waals surface area contributed by atoms with Crippen molar-refractivity contribution in [3.63, 3.8) is 0 Å². The number of hydrogen-bond donors (Lipinski definition) is 1. The van der Waals surface area contributed by atoms with Gasteiger partial charge in [-0.25, -0.2) is 0 Å². The monoisotopic (exact) mass is 223 g/mol. The Kier molecular flexibility index (Phi) is 3.03. The second-order valence-corrected chi connectivity index (χ2v) is 5.62. The zero-order valence-corrected chi connectivity index (χ0v) is 10.1. The van der Waals surface area contributed by atoms with Gasteiger partial charge in [-0.05, 0) is 29.4 Å². The average molecular weight is 224 g/mol. The van der Waals surface area contributed by atoms with Gasteiger partial charge in [0.25, 0.3) is 0 Å². The summed E-state index contributed by atoms with van der Waals surface area (Å²) in [6.45, 7) is 6.77. The molecule has 1 fully saturated rings. The van der Waals surface area contributed by atoms with Crippen LogP contribution in [0.25, 0.3) is 0 Å². The highest BCUT2D eigenvalue weighted by Crippen LogP contribution is 2.36. The van der Waals surface area contributed by atoms with Crippen molar-refractivity contribution in [2.75, 3.05) is 13.1 Å². The van der Waals surface area contributed by atoms with Gasteiger partial charge in [-0.3, -0.25) is 0 Å². The van der Waals surface area contributed by atoms with E-state index in [9.17, 15) is 0 Å². The first-order valence-corrected chi connectivity index (χ1v) is 5.91. The van der Waals surface area contributed by atoms with E-state index in [4.69, 9.17) is 11.6 Å². The van der Waals surface area contributed by atoms with Gasteiger partial charge in [0.1, 0.15) is 0 Å². The van der Waals surface area contributed by atoms with Crippen molar-refractivity contribution in [3.05, 3.63) is 34.9 Å². The van der Waals surface area contributed by atoms with Crippen LogP contribution in [0.2, 0.25) is 5.02 Å². The fraction of sp³-hybridized carbons (Fsp3) is 0.538. The number of nitrogens with one attached hydrogen (secondary N) is 1. The summed E-state index contributed by atoms with van der Waals surface area (Å²) in [6.07, 6.45) is 1.21. The molecule has 1 saturated heterocycles. The van der Waals surface area contributed by atoms with E-state index < -0.39 is 0 Å². The summed E-state index contributed by atoms with van der Waals surface area (Å²) in [5.41, 5.74) is 1.67. The zero-order valence-electron chi connectivity index (χ0n) is 9.39. The van der Waals surface area contributed by atoms with Crippen LogP contribution in [0.5, 0.6) is 0 Å². The Balaban J connectivity index is 2.21. The van der Waals surface area contributed by atoms with Crippen molar-refractivity contribution in [2.45, 2.75) is 26.2 Å². The minimum Gasteiger partial charge on any atom is -0.316 e. The first-order chi connectivity index (χ1) is 7.08. The van der Waals surface area contributed by atoms with Gasteiger partial charge in [-0.1, -0.05) is 43.6 Å². The lowest BCUT2D eigenvalue weighted by Crippen LogP contribution is -2.40. The molecule has 1 aromatic carbocycles. The molecule has 1 aromatic rings. The minimum absolute atomic E-state index is 0.377. The van der Waals surface area contributed by atoms with E-state index in [0.29, 0.717) is 11.3 Å². The van der Waals surface area contributed by atoms with Crippen LogP contribution in [0.4, 0.5) is 0 Å². The molecule has 0 bridgehead atoms. The Labute approximate surface area is 96.8 Å². The Bertz CT molecular complexity index is 346. The molecule has 1 unspecified atom stereocenters. The van der Waals surface area contributed by atoms with Crippen molar-refractivity contribution in [3.8, 4) is 0 Å². The van der Waals surface area contributed by atoms with Gasteiger partial charge < -0.3 is 5.32 Å². The summed E-state index contributed by atoms with van der Waals surface area (Å²) in [6, 6.07) is 8.20. The predicted molar refractivity (Wildman–Crippen MR) is 65.5 cm³/mol. The van der Waals surface area contributed by atoms with Gasteiger partial charge in [0.2, 0.25) is 0 Å². The molecule has 1 nitrogen and oxygen atoms in total. The van der Waals surface area contributed by atoms with Gasteiger partial charge in [0, 0.05) is 18.1 Å². The fourth-order valence-electron chi connectivity index (χ4n) is 2.42.